The second kappa shape index (κ2) is 9.86. The van der Waals surface area contributed by atoms with Gasteiger partial charge in [-0.25, -0.2) is 9.97 Å². The maximum atomic E-state index is 10.3. The van der Waals surface area contributed by atoms with Gasteiger partial charge in [-0.3, -0.25) is 4.68 Å². The fraction of sp³-hybridized carbons (Fsp3) is 0.375. The molecule has 1 aliphatic carbocycles. The number of nitrogens with one attached hydrogen (secondary N) is 2. The molecular weight excluding hydrogens is 452 g/mol. The van der Waals surface area contributed by atoms with Crippen LogP contribution in [0, 0.1) is 0 Å². The van der Waals surface area contributed by atoms with Crippen LogP contribution >= 0.6 is 11.3 Å². The number of aryl methyl sites for hydroxylation is 1. The number of aromatic nitrogens is 4. The number of aliphatic hydroxyl groups is 1. The van der Waals surface area contributed by atoms with E-state index in [0.29, 0.717) is 23.9 Å². The predicted molar refractivity (Wildman–Crippen MR) is 133 cm³/mol. The van der Waals surface area contributed by atoms with Crippen molar-refractivity contribution in [3.63, 3.8) is 0 Å². The summed E-state index contributed by atoms with van der Waals surface area (Å²) in [6.07, 6.45) is 7.26. The van der Waals surface area contributed by atoms with Crippen molar-refractivity contribution < 1.29 is 14.6 Å². The lowest BCUT2D eigenvalue weighted by molar-refractivity contribution is 0.116. The molecule has 0 bridgehead atoms. The number of rotatable bonds is 8. The number of anilines is 3. The molecule has 0 saturated heterocycles. The lowest BCUT2D eigenvalue weighted by Gasteiger charge is -2.27. The fourth-order valence-corrected chi connectivity index (χ4v) is 5.10. The van der Waals surface area contributed by atoms with Crippen LogP contribution in [0.3, 0.4) is 0 Å². The van der Waals surface area contributed by atoms with Crippen molar-refractivity contribution in [2.45, 2.75) is 44.4 Å². The molecule has 0 unspecified atom stereocenters. The van der Waals surface area contributed by atoms with Crippen molar-refractivity contribution in [1.29, 1.82) is 0 Å². The predicted octanol–water partition coefficient (Wildman–Crippen LogP) is 4.47. The topological polar surface area (TPSA) is 106 Å². The SMILES string of the molecule is COc1cc(OCc2ccnc(Nc3ccn(C)n3)c2)cc2sc(N[C@H]3CCCC[C@@H]3O)nc12. The molecule has 1 saturated carbocycles. The largest absolute Gasteiger partial charge is 0.494 e. The highest BCUT2D eigenvalue weighted by Gasteiger charge is 2.24. The van der Waals surface area contributed by atoms with Crippen LogP contribution in [0.25, 0.3) is 10.2 Å². The molecule has 3 N–H and O–H groups in total. The number of methoxy groups -OCH3 is 1. The summed E-state index contributed by atoms with van der Waals surface area (Å²) in [6, 6.07) is 9.62. The summed E-state index contributed by atoms with van der Waals surface area (Å²) < 4.78 is 14.4. The Bertz CT molecular complexity index is 1270. The van der Waals surface area contributed by atoms with Crippen molar-refractivity contribution in [2.24, 2.45) is 7.05 Å². The minimum atomic E-state index is -0.334. The Balaban J connectivity index is 1.29. The first kappa shape index (κ1) is 22.4. The number of hydrogen-bond donors (Lipinski definition) is 3. The molecule has 178 valence electrons. The van der Waals surface area contributed by atoms with Crippen LogP contribution in [-0.4, -0.2) is 44.1 Å². The van der Waals surface area contributed by atoms with Crippen LogP contribution < -0.4 is 20.1 Å². The van der Waals surface area contributed by atoms with Gasteiger partial charge in [0.25, 0.3) is 0 Å². The Labute approximate surface area is 201 Å². The molecule has 1 fully saturated rings. The molecule has 0 spiro atoms. The number of ether oxygens (including phenoxy) is 2. The second-order valence-corrected chi connectivity index (χ2v) is 9.46. The van der Waals surface area contributed by atoms with E-state index in [1.165, 1.54) is 0 Å². The number of aliphatic hydroxyl groups excluding tert-OH is 1. The standard InChI is InChI=1S/C24H28N6O3S/c1-30-10-8-21(29-30)27-22-11-15(7-9-25-22)14-33-16-12-19(32-2)23-20(13-16)34-24(28-23)26-17-5-3-4-6-18(17)31/h7-13,17-18,31H,3-6,14H2,1-2H3,(H,26,28)(H,25,27,29)/t17-,18-/m0/s1. The van der Waals surface area contributed by atoms with Gasteiger partial charge in [0.15, 0.2) is 10.9 Å². The number of thiazole rings is 1. The quantitative estimate of drug-likeness (QED) is 0.339. The van der Waals surface area contributed by atoms with Crippen LogP contribution in [0.15, 0.2) is 42.7 Å². The van der Waals surface area contributed by atoms with Crippen LogP contribution in [0.1, 0.15) is 31.2 Å². The maximum absolute atomic E-state index is 10.3. The summed E-state index contributed by atoms with van der Waals surface area (Å²) in [5, 5.41) is 22.0. The highest BCUT2D eigenvalue weighted by atomic mass is 32.1. The molecule has 4 aromatic rings. The smallest absolute Gasteiger partial charge is 0.184 e. The molecule has 0 amide bonds. The molecule has 34 heavy (non-hydrogen) atoms. The number of fused-ring (bicyclic) bond motifs is 1. The van der Waals surface area contributed by atoms with Crippen LogP contribution in [-0.2, 0) is 13.7 Å². The van der Waals surface area contributed by atoms with Gasteiger partial charge in [0, 0.05) is 31.6 Å². The molecule has 5 rings (SSSR count). The Kier molecular flexibility index (Phi) is 6.50. The zero-order chi connectivity index (χ0) is 23.5. The summed E-state index contributed by atoms with van der Waals surface area (Å²) in [7, 11) is 3.50. The normalized spacial score (nSPS) is 18.1. The molecule has 1 aromatic carbocycles. The highest BCUT2D eigenvalue weighted by Crippen LogP contribution is 2.37. The second-order valence-electron chi connectivity index (χ2n) is 8.43. The van der Waals surface area contributed by atoms with Crippen LogP contribution in [0.4, 0.5) is 16.8 Å². The third kappa shape index (κ3) is 5.07. The van der Waals surface area contributed by atoms with E-state index in [1.54, 1.807) is 29.3 Å². The Morgan fingerprint density at radius 2 is 2.06 bits per heavy atom. The summed E-state index contributed by atoms with van der Waals surface area (Å²) in [6.45, 7) is 0.381. The fourth-order valence-electron chi connectivity index (χ4n) is 4.13. The highest BCUT2D eigenvalue weighted by molar-refractivity contribution is 7.22. The third-order valence-electron chi connectivity index (χ3n) is 5.89. The molecule has 9 nitrogen and oxygen atoms in total. The van der Waals surface area contributed by atoms with Gasteiger partial charge in [-0.15, -0.1) is 0 Å². The van der Waals surface area contributed by atoms with Gasteiger partial charge in [0.05, 0.1) is 24.0 Å². The summed E-state index contributed by atoms with van der Waals surface area (Å²) >= 11 is 1.54. The van der Waals surface area contributed by atoms with E-state index in [-0.39, 0.29) is 12.1 Å². The first-order valence-corrected chi connectivity index (χ1v) is 12.2. The third-order valence-corrected chi connectivity index (χ3v) is 6.82. The maximum Gasteiger partial charge on any atom is 0.184 e. The van der Waals surface area contributed by atoms with E-state index in [1.807, 2.05) is 43.6 Å². The zero-order valence-corrected chi connectivity index (χ0v) is 20.0. The number of nitrogens with zero attached hydrogens (tertiary/aromatic N) is 4. The first-order valence-electron chi connectivity index (χ1n) is 11.3. The van der Waals surface area contributed by atoms with Crippen LogP contribution in [0.2, 0.25) is 0 Å². The molecule has 0 aliphatic heterocycles. The van der Waals surface area contributed by atoms with E-state index in [0.717, 1.165) is 52.4 Å². The Morgan fingerprint density at radius 3 is 2.85 bits per heavy atom. The molecule has 3 aromatic heterocycles. The van der Waals surface area contributed by atoms with Crippen molar-refractivity contribution in [1.82, 2.24) is 19.7 Å². The monoisotopic (exact) mass is 480 g/mol. The van der Waals surface area contributed by atoms with Gasteiger partial charge in [-0.2, -0.15) is 5.10 Å². The number of benzene rings is 1. The molecular formula is C24H28N6O3S. The van der Waals surface area contributed by atoms with E-state index in [4.69, 9.17) is 14.5 Å². The van der Waals surface area contributed by atoms with E-state index in [2.05, 4.69) is 20.7 Å². The first-order chi connectivity index (χ1) is 16.6. The number of pyridine rings is 1. The van der Waals surface area contributed by atoms with E-state index >= 15 is 0 Å². The zero-order valence-electron chi connectivity index (χ0n) is 19.2. The average molecular weight is 481 g/mol. The lowest BCUT2D eigenvalue weighted by Crippen LogP contribution is -2.36. The van der Waals surface area contributed by atoms with Gasteiger partial charge in [-0.05, 0) is 36.6 Å². The summed E-state index contributed by atoms with van der Waals surface area (Å²) in [5.74, 6) is 2.80. The molecule has 2 atom stereocenters. The molecule has 10 heteroatoms. The minimum Gasteiger partial charge on any atom is -0.494 e. The summed E-state index contributed by atoms with van der Waals surface area (Å²) in [5.41, 5.74) is 1.77. The molecule has 0 radical (unpaired) electrons. The van der Waals surface area contributed by atoms with Crippen molar-refractivity contribution in [3.8, 4) is 11.5 Å². The molecule has 1 aliphatic rings. The van der Waals surface area contributed by atoms with Gasteiger partial charge in [-0.1, -0.05) is 24.2 Å². The van der Waals surface area contributed by atoms with Gasteiger partial charge < -0.3 is 25.2 Å². The van der Waals surface area contributed by atoms with Crippen molar-refractivity contribution >= 4 is 38.3 Å². The van der Waals surface area contributed by atoms with Crippen LogP contribution in [0.5, 0.6) is 11.5 Å². The lowest BCUT2D eigenvalue weighted by atomic mass is 9.93. The minimum absolute atomic E-state index is 0.0385. The van der Waals surface area contributed by atoms with Gasteiger partial charge in [0.2, 0.25) is 0 Å². The Morgan fingerprint density at radius 1 is 1.18 bits per heavy atom. The van der Waals surface area contributed by atoms with Gasteiger partial charge in [0.1, 0.15) is 29.4 Å². The average Bonchev–Trinajstić information content (AvgIpc) is 3.44. The number of hydrogen-bond acceptors (Lipinski definition) is 9. The van der Waals surface area contributed by atoms with Crippen molar-refractivity contribution in [2.75, 3.05) is 17.7 Å². The Hall–Kier alpha value is -3.37. The van der Waals surface area contributed by atoms with Gasteiger partial charge >= 0.3 is 0 Å². The van der Waals surface area contributed by atoms with Crippen molar-refractivity contribution in [3.05, 3.63) is 48.3 Å². The van der Waals surface area contributed by atoms with E-state index in [9.17, 15) is 5.11 Å². The summed E-state index contributed by atoms with van der Waals surface area (Å²) in [4.78, 5) is 9.07. The van der Waals surface area contributed by atoms with E-state index < -0.39 is 0 Å². The molecule has 3 heterocycles.